The standard InChI is InChI=1S/C24H27N3O3/c1-24(2,30)21(14-8-9-14)27-13-16-6-5-7-17(20(16)22(27)28)15-10-11-18-19(12-15)26(4)23(29)25(18)3/h5-7,10-12,14,21,30H,8-9,13H2,1-4H3/t21-/m1/s1. The molecule has 0 saturated heterocycles. The predicted molar refractivity (Wildman–Crippen MR) is 116 cm³/mol. The largest absolute Gasteiger partial charge is 0.388 e. The molecule has 1 fully saturated rings. The van der Waals surface area contributed by atoms with Crippen molar-refractivity contribution >= 4 is 16.9 Å². The van der Waals surface area contributed by atoms with Gasteiger partial charge in [-0.15, -0.1) is 0 Å². The Hall–Kier alpha value is -2.86. The van der Waals surface area contributed by atoms with Gasteiger partial charge >= 0.3 is 5.69 Å². The molecule has 1 N–H and O–H groups in total. The molecule has 156 valence electrons. The highest BCUT2D eigenvalue weighted by Gasteiger charge is 2.48. The van der Waals surface area contributed by atoms with Gasteiger partial charge in [0.25, 0.3) is 5.91 Å². The van der Waals surface area contributed by atoms with Crippen molar-refractivity contribution in [1.82, 2.24) is 14.0 Å². The number of benzene rings is 2. The Morgan fingerprint density at radius 1 is 1.03 bits per heavy atom. The van der Waals surface area contributed by atoms with E-state index < -0.39 is 5.60 Å². The van der Waals surface area contributed by atoms with E-state index >= 15 is 0 Å². The minimum atomic E-state index is -0.944. The number of amides is 1. The first-order chi connectivity index (χ1) is 14.2. The Balaban J connectivity index is 1.61. The second kappa shape index (κ2) is 6.32. The second-order valence-corrected chi connectivity index (χ2v) is 9.31. The lowest BCUT2D eigenvalue weighted by Gasteiger charge is -2.37. The van der Waals surface area contributed by atoms with E-state index in [0.29, 0.717) is 18.0 Å². The quantitative estimate of drug-likeness (QED) is 0.726. The Labute approximate surface area is 175 Å². The number of nitrogens with zero attached hydrogens (tertiary/aromatic N) is 3. The van der Waals surface area contributed by atoms with Crippen LogP contribution >= 0.6 is 0 Å². The van der Waals surface area contributed by atoms with Crippen LogP contribution in [0.15, 0.2) is 41.2 Å². The van der Waals surface area contributed by atoms with E-state index in [1.165, 1.54) is 0 Å². The van der Waals surface area contributed by atoms with E-state index in [0.717, 1.165) is 40.6 Å². The van der Waals surface area contributed by atoms with Crippen molar-refractivity contribution in [1.29, 1.82) is 0 Å². The molecule has 1 aromatic heterocycles. The van der Waals surface area contributed by atoms with Gasteiger partial charge in [-0.05, 0) is 61.4 Å². The summed E-state index contributed by atoms with van der Waals surface area (Å²) in [5, 5.41) is 10.8. The SMILES string of the molecule is Cn1c(=O)n(C)c2cc(-c3cccc4c3C(=O)N([C@H](C3CC3)C(C)(C)O)C4)ccc21. The summed E-state index contributed by atoms with van der Waals surface area (Å²) in [5.74, 6) is 0.351. The molecular formula is C24H27N3O3. The lowest BCUT2D eigenvalue weighted by Crippen LogP contribution is -2.51. The molecular weight excluding hydrogens is 378 g/mol. The van der Waals surface area contributed by atoms with Crippen LogP contribution in [0, 0.1) is 5.92 Å². The summed E-state index contributed by atoms with van der Waals surface area (Å²) in [6.07, 6.45) is 2.11. The zero-order valence-corrected chi connectivity index (χ0v) is 17.8. The molecule has 1 amide bonds. The van der Waals surface area contributed by atoms with Gasteiger partial charge in [0.2, 0.25) is 0 Å². The number of carbonyl (C=O) groups excluding carboxylic acids is 1. The van der Waals surface area contributed by atoms with Crippen molar-refractivity contribution in [2.45, 2.75) is 44.9 Å². The minimum Gasteiger partial charge on any atom is -0.388 e. The number of hydrogen-bond acceptors (Lipinski definition) is 3. The fraction of sp³-hybridized carbons (Fsp3) is 0.417. The maximum atomic E-state index is 13.6. The number of carbonyl (C=O) groups is 1. The topological polar surface area (TPSA) is 67.5 Å². The van der Waals surface area contributed by atoms with Gasteiger partial charge < -0.3 is 10.0 Å². The summed E-state index contributed by atoms with van der Waals surface area (Å²) < 4.78 is 3.26. The highest BCUT2D eigenvalue weighted by Crippen LogP contribution is 2.44. The number of fused-ring (bicyclic) bond motifs is 2. The third kappa shape index (κ3) is 2.74. The molecule has 1 atom stereocenters. The number of rotatable bonds is 4. The van der Waals surface area contributed by atoms with Crippen LogP contribution in [-0.4, -0.2) is 36.7 Å². The summed E-state index contributed by atoms with van der Waals surface area (Å²) in [6, 6.07) is 11.7. The third-order valence-corrected chi connectivity index (χ3v) is 6.68. The van der Waals surface area contributed by atoms with E-state index in [1.54, 1.807) is 37.1 Å². The van der Waals surface area contributed by atoms with Crippen LogP contribution in [0.5, 0.6) is 0 Å². The predicted octanol–water partition coefficient (Wildman–Crippen LogP) is 3.05. The highest BCUT2D eigenvalue weighted by molar-refractivity contribution is 6.05. The Kier molecular flexibility index (Phi) is 4.03. The van der Waals surface area contributed by atoms with E-state index in [2.05, 4.69) is 0 Å². The first-order valence-electron chi connectivity index (χ1n) is 10.5. The van der Waals surface area contributed by atoms with Gasteiger partial charge in [0.15, 0.2) is 0 Å². The van der Waals surface area contributed by atoms with Crippen LogP contribution in [-0.2, 0) is 20.6 Å². The third-order valence-electron chi connectivity index (χ3n) is 6.68. The molecule has 3 aromatic rings. The summed E-state index contributed by atoms with van der Waals surface area (Å²) in [5.41, 5.74) is 4.20. The average Bonchev–Trinajstić information content (AvgIpc) is 3.44. The molecule has 1 aliphatic carbocycles. The van der Waals surface area contributed by atoms with Crippen molar-refractivity contribution in [2.75, 3.05) is 0 Å². The monoisotopic (exact) mass is 405 g/mol. The van der Waals surface area contributed by atoms with Crippen LogP contribution < -0.4 is 5.69 Å². The molecule has 2 heterocycles. The van der Waals surface area contributed by atoms with Gasteiger partial charge in [-0.2, -0.15) is 0 Å². The van der Waals surface area contributed by atoms with Crippen LogP contribution in [0.3, 0.4) is 0 Å². The van der Waals surface area contributed by atoms with E-state index in [4.69, 9.17) is 0 Å². The van der Waals surface area contributed by atoms with Crippen molar-refractivity contribution < 1.29 is 9.90 Å². The number of hydrogen-bond donors (Lipinski definition) is 1. The number of aliphatic hydroxyl groups is 1. The lowest BCUT2D eigenvalue weighted by molar-refractivity contribution is -0.0224. The molecule has 30 heavy (non-hydrogen) atoms. The highest BCUT2D eigenvalue weighted by atomic mass is 16.3. The molecule has 0 bridgehead atoms. The number of aryl methyl sites for hydroxylation is 2. The summed E-state index contributed by atoms with van der Waals surface area (Å²) in [6.45, 7) is 4.13. The molecule has 1 aliphatic heterocycles. The molecule has 0 unspecified atom stereocenters. The van der Waals surface area contributed by atoms with Crippen molar-refractivity contribution in [3.63, 3.8) is 0 Å². The van der Waals surface area contributed by atoms with Crippen LogP contribution in [0.1, 0.15) is 42.6 Å². The molecule has 5 rings (SSSR count). The molecule has 6 heteroatoms. The summed E-state index contributed by atoms with van der Waals surface area (Å²) in [7, 11) is 3.53. The number of aromatic nitrogens is 2. The van der Waals surface area contributed by atoms with Crippen LogP contribution in [0.4, 0.5) is 0 Å². The number of imidazole rings is 1. The Morgan fingerprint density at radius 3 is 2.40 bits per heavy atom. The fourth-order valence-corrected chi connectivity index (χ4v) is 5.15. The molecule has 0 spiro atoms. The van der Waals surface area contributed by atoms with Gasteiger partial charge in [0.1, 0.15) is 0 Å². The Morgan fingerprint density at radius 2 is 1.73 bits per heavy atom. The average molecular weight is 405 g/mol. The Bertz CT molecular complexity index is 1240. The molecule has 2 aromatic carbocycles. The minimum absolute atomic E-state index is 0.0123. The summed E-state index contributed by atoms with van der Waals surface area (Å²) >= 11 is 0. The lowest BCUT2D eigenvalue weighted by atomic mass is 9.92. The second-order valence-electron chi connectivity index (χ2n) is 9.31. The maximum absolute atomic E-state index is 13.6. The van der Waals surface area contributed by atoms with E-state index in [1.807, 2.05) is 41.3 Å². The van der Waals surface area contributed by atoms with Crippen LogP contribution in [0.2, 0.25) is 0 Å². The summed E-state index contributed by atoms with van der Waals surface area (Å²) in [4.78, 5) is 27.7. The van der Waals surface area contributed by atoms with E-state index in [-0.39, 0.29) is 17.6 Å². The van der Waals surface area contributed by atoms with Gasteiger partial charge in [-0.3, -0.25) is 13.9 Å². The van der Waals surface area contributed by atoms with E-state index in [9.17, 15) is 14.7 Å². The molecule has 0 radical (unpaired) electrons. The first-order valence-corrected chi connectivity index (χ1v) is 10.5. The van der Waals surface area contributed by atoms with Gasteiger partial charge in [0.05, 0.1) is 28.2 Å². The smallest absolute Gasteiger partial charge is 0.328 e. The molecule has 2 aliphatic rings. The zero-order valence-electron chi connectivity index (χ0n) is 17.8. The van der Waals surface area contributed by atoms with Gasteiger partial charge in [-0.25, -0.2) is 4.79 Å². The van der Waals surface area contributed by atoms with Crippen LogP contribution in [0.25, 0.3) is 22.2 Å². The first kappa shape index (κ1) is 19.1. The zero-order chi connectivity index (χ0) is 21.4. The van der Waals surface area contributed by atoms with Crippen molar-refractivity contribution in [3.05, 3.63) is 58.0 Å². The molecule has 1 saturated carbocycles. The van der Waals surface area contributed by atoms with Crippen molar-refractivity contribution in [2.24, 2.45) is 20.0 Å². The maximum Gasteiger partial charge on any atom is 0.328 e. The molecule has 6 nitrogen and oxygen atoms in total. The van der Waals surface area contributed by atoms with Gasteiger partial charge in [-0.1, -0.05) is 24.3 Å². The van der Waals surface area contributed by atoms with Gasteiger partial charge in [0, 0.05) is 20.6 Å². The van der Waals surface area contributed by atoms with Crippen molar-refractivity contribution in [3.8, 4) is 11.1 Å². The fourth-order valence-electron chi connectivity index (χ4n) is 5.15. The normalized spacial score (nSPS) is 17.6.